The number of anilines is 1. The molecule has 1 aromatic rings. The van der Waals surface area contributed by atoms with E-state index in [1.165, 1.54) is 7.11 Å². The Hall–Kier alpha value is -1.88. The molecule has 0 fully saturated rings. The smallest absolute Gasteiger partial charge is 0.339 e. The number of hydrogen-bond donors (Lipinski definition) is 2. The van der Waals surface area contributed by atoms with E-state index in [9.17, 15) is 9.59 Å². The molecular weight excluding hydrogens is 244 g/mol. The van der Waals surface area contributed by atoms with E-state index in [1.54, 1.807) is 24.3 Å². The number of benzene rings is 1. The lowest BCUT2D eigenvalue weighted by atomic mass is 10.1. The molecule has 0 atom stereocenters. The highest BCUT2D eigenvalue weighted by molar-refractivity contribution is 6.01. The van der Waals surface area contributed by atoms with E-state index in [0.29, 0.717) is 24.2 Å². The Balaban J connectivity index is 2.56. The van der Waals surface area contributed by atoms with E-state index >= 15 is 0 Å². The van der Waals surface area contributed by atoms with Gasteiger partial charge in [0.15, 0.2) is 0 Å². The van der Waals surface area contributed by atoms with Crippen LogP contribution in [0.2, 0.25) is 0 Å². The van der Waals surface area contributed by atoms with Crippen LogP contribution in [-0.4, -0.2) is 25.5 Å². The molecule has 0 heterocycles. The fourth-order valence-electron chi connectivity index (χ4n) is 1.70. The number of hydrogen-bond acceptors (Lipinski definition) is 4. The maximum absolute atomic E-state index is 11.7. The molecule has 5 nitrogen and oxygen atoms in total. The first-order valence-corrected chi connectivity index (χ1v) is 6.36. The van der Waals surface area contributed by atoms with Gasteiger partial charge in [0.25, 0.3) is 0 Å². The highest BCUT2D eigenvalue weighted by Crippen LogP contribution is 2.16. The van der Waals surface area contributed by atoms with E-state index in [1.807, 2.05) is 0 Å². The molecule has 0 unspecified atom stereocenters. The average Bonchev–Trinajstić information content (AvgIpc) is 2.43. The van der Waals surface area contributed by atoms with Crippen molar-refractivity contribution >= 4 is 17.6 Å². The van der Waals surface area contributed by atoms with Gasteiger partial charge in [-0.1, -0.05) is 18.6 Å². The number of amides is 1. The average molecular weight is 264 g/mol. The Labute approximate surface area is 113 Å². The normalized spacial score (nSPS) is 10.0. The Morgan fingerprint density at radius 3 is 2.63 bits per heavy atom. The lowest BCUT2D eigenvalue weighted by molar-refractivity contribution is -0.116. The molecule has 0 radical (unpaired) electrons. The van der Waals surface area contributed by atoms with Crippen LogP contribution in [0.3, 0.4) is 0 Å². The van der Waals surface area contributed by atoms with Crippen molar-refractivity contribution in [1.29, 1.82) is 0 Å². The van der Waals surface area contributed by atoms with Crippen LogP contribution < -0.4 is 11.1 Å². The third kappa shape index (κ3) is 5.09. The molecule has 0 aliphatic carbocycles. The van der Waals surface area contributed by atoms with Gasteiger partial charge < -0.3 is 15.8 Å². The van der Waals surface area contributed by atoms with E-state index in [4.69, 9.17) is 5.73 Å². The molecular formula is C14H20N2O3. The van der Waals surface area contributed by atoms with Crippen LogP contribution >= 0.6 is 0 Å². The SMILES string of the molecule is COC(=O)c1ccccc1NC(=O)CCCCCN. The first-order valence-electron chi connectivity index (χ1n) is 6.36. The quantitative estimate of drug-likeness (QED) is 0.582. The van der Waals surface area contributed by atoms with E-state index < -0.39 is 5.97 Å². The van der Waals surface area contributed by atoms with Gasteiger partial charge in [-0.3, -0.25) is 4.79 Å². The number of esters is 1. The molecule has 1 amide bonds. The van der Waals surface area contributed by atoms with Crippen molar-refractivity contribution in [2.45, 2.75) is 25.7 Å². The summed E-state index contributed by atoms with van der Waals surface area (Å²) in [5, 5.41) is 2.73. The molecule has 0 aliphatic rings. The molecule has 1 rings (SSSR count). The van der Waals surface area contributed by atoms with Crippen molar-refractivity contribution in [1.82, 2.24) is 0 Å². The minimum Gasteiger partial charge on any atom is -0.465 e. The Bertz CT molecular complexity index is 432. The molecule has 0 aliphatic heterocycles. The van der Waals surface area contributed by atoms with Gasteiger partial charge in [-0.2, -0.15) is 0 Å². The van der Waals surface area contributed by atoms with Gasteiger partial charge in [0.05, 0.1) is 18.4 Å². The second kappa shape index (κ2) is 8.26. The van der Waals surface area contributed by atoms with Gasteiger partial charge in [-0.15, -0.1) is 0 Å². The number of ether oxygens (including phenoxy) is 1. The van der Waals surface area contributed by atoms with E-state index in [0.717, 1.165) is 19.3 Å². The molecule has 3 N–H and O–H groups in total. The maximum Gasteiger partial charge on any atom is 0.339 e. The van der Waals surface area contributed by atoms with Crippen LogP contribution in [0.5, 0.6) is 0 Å². The Morgan fingerprint density at radius 1 is 1.21 bits per heavy atom. The second-order valence-corrected chi connectivity index (χ2v) is 4.18. The van der Waals surface area contributed by atoms with Crippen molar-refractivity contribution in [3.05, 3.63) is 29.8 Å². The number of methoxy groups -OCH3 is 1. The van der Waals surface area contributed by atoms with Crippen LogP contribution in [0.15, 0.2) is 24.3 Å². The standard InChI is InChI=1S/C14H20N2O3/c1-19-14(18)11-7-4-5-8-12(11)16-13(17)9-3-2-6-10-15/h4-5,7-8H,2-3,6,9-10,15H2,1H3,(H,16,17). The zero-order valence-electron chi connectivity index (χ0n) is 11.1. The van der Waals surface area contributed by atoms with Gasteiger partial charge in [0.2, 0.25) is 5.91 Å². The Morgan fingerprint density at radius 2 is 1.95 bits per heavy atom. The fraction of sp³-hybridized carbons (Fsp3) is 0.429. The van der Waals surface area contributed by atoms with Gasteiger partial charge in [-0.25, -0.2) is 4.79 Å². The zero-order valence-corrected chi connectivity index (χ0v) is 11.1. The highest BCUT2D eigenvalue weighted by atomic mass is 16.5. The summed E-state index contributed by atoms with van der Waals surface area (Å²) in [5.41, 5.74) is 6.23. The van der Waals surface area contributed by atoms with E-state index in [2.05, 4.69) is 10.1 Å². The van der Waals surface area contributed by atoms with Crippen molar-refractivity contribution in [3.63, 3.8) is 0 Å². The van der Waals surface area contributed by atoms with Crippen LogP contribution in [0.25, 0.3) is 0 Å². The molecule has 0 aromatic heterocycles. The number of carbonyl (C=O) groups excluding carboxylic acids is 2. The van der Waals surface area contributed by atoms with Gasteiger partial charge in [0, 0.05) is 6.42 Å². The van der Waals surface area contributed by atoms with Crippen LogP contribution in [0, 0.1) is 0 Å². The Kier molecular flexibility index (Phi) is 6.60. The van der Waals surface area contributed by atoms with Crippen molar-refractivity contribution in [2.75, 3.05) is 19.0 Å². The molecule has 0 bridgehead atoms. The summed E-state index contributed by atoms with van der Waals surface area (Å²) in [4.78, 5) is 23.3. The number of nitrogens with one attached hydrogen (secondary N) is 1. The van der Waals surface area contributed by atoms with Crippen LogP contribution in [-0.2, 0) is 9.53 Å². The predicted octanol–water partition coefficient (Wildman–Crippen LogP) is 1.93. The third-order valence-electron chi connectivity index (χ3n) is 2.71. The third-order valence-corrected chi connectivity index (χ3v) is 2.71. The summed E-state index contributed by atoms with van der Waals surface area (Å²) >= 11 is 0. The van der Waals surface area contributed by atoms with Crippen molar-refractivity contribution in [2.24, 2.45) is 5.73 Å². The topological polar surface area (TPSA) is 81.4 Å². The lowest BCUT2D eigenvalue weighted by Crippen LogP contribution is -2.15. The summed E-state index contributed by atoms with van der Waals surface area (Å²) in [7, 11) is 1.31. The zero-order chi connectivity index (χ0) is 14.1. The first kappa shape index (κ1) is 15.2. The first-order chi connectivity index (χ1) is 9.19. The van der Waals surface area contributed by atoms with Gasteiger partial charge >= 0.3 is 5.97 Å². The summed E-state index contributed by atoms with van der Waals surface area (Å²) in [6, 6.07) is 6.79. The number of unbranched alkanes of at least 4 members (excludes halogenated alkanes) is 2. The van der Waals surface area contributed by atoms with Crippen molar-refractivity contribution < 1.29 is 14.3 Å². The summed E-state index contributed by atoms with van der Waals surface area (Å²) in [6.07, 6.45) is 3.08. The number of para-hydroxylation sites is 1. The molecule has 1 aromatic carbocycles. The molecule has 19 heavy (non-hydrogen) atoms. The number of rotatable bonds is 7. The molecule has 5 heteroatoms. The molecule has 0 saturated heterocycles. The summed E-state index contributed by atoms with van der Waals surface area (Å²) < 4.78 is 4.67. The van der Waals surface area contributed by atoms with Crippen molar-refractivity contribution in [3.8, 4) is 0 Å². The maximum atomic E-state index is 11.7. The monoisotopic (exact) mass is 264 g/mol. The van der Waals surface area contributed by atoms with Gasteiger partial charge in [0.1, 0.15) is 0 Å². The fourth-order valence-corrected chi connectivity index (χ4v) is 1.70. The predicted molar refractivity (Wildman–Crippen MR) is 73.9 cm³/mol. The molecule has 0 spiro atoms. The molecule has 104 valence electrons. The van der Waals surface area contributed by atoms with Gasteiger partial charge in [-0.05, 0) is 31.5 Å². The summed E-state index contributed by atoms with van der Waals surface area (Å²) in [6.45, 7) is 0.646. The lowest BCUT2D eigenvalue weighted by Gasteiger charge is -2.09. The minimum absolute atomic E-state index is 0.103. The highest BCUT2D eigenvalue weighted by Gasteiger charge is 2.12. The number of nitrogens with two attached hydrogens (primary N) is 1. The van der Waals surface area contributed by atoms with Crippen LogP contribution in [0.1, 0.15) is 36.0 Å². The largest absolute Gasteiger partial charge is 0.465 e. The second-order valence-electron chi connectivity index (χ2n) is 4.18. The minimum atomic E-state index is -0.459. The number of carbonyl (C=O) groups is 2. The van der Waals surface area contributed by atoms with Crippen LogP contribution in [0.4, 0.5) is 5.69 Å². The summed E-state index contributed by atoms with van der Waals surface area (Å²) in [5.74, 6) is -0.563. The van der Waals surface area contributed by atoms with E-state index in [-0.39, 0.29) is 5.91 Å². The molecule has 0 saturated carbocycles.